The summed E-state index contributed by atoms with van der Waals surface area (Å²) in [5, 5.41) is 0. The average molecular weight is 356 g/mol. The van der Waals surface area contributed by atoms with Crippen LogP contribution in [-0.2, 0) is 16.1 Å². The van der Waals surface area contributed by atoms with Gasteiger partial charge in [-0.2, -0.15) is 0 Å². The lowest BCUT2D eigenvalue weighted by atomic mass is 9.95. The standard InChI is InChI=1S/C18H29N3O2.ClH/c1-4-9-18(2,19)17(22)20(3)14-15-7-5-6-8-16(15)21-10-12-23-13-11-21;/h5-8H,4,9-14,19H2,1-3H3;1H. The molecule has 1 aliphatic rings. The summed E-state index contributed by atoms with van der Waals surface area (Å²) >= 11 is 0. The number of amides is 1. The van der Waals surface area contributed by atoms with E-state index in [1.54, 1.807) is 4.90 Å². The van der Waals surface area contributed by atoms with Gasteiger partial charge in [0.1, 0.15) is 0 Å². The summed E-state index contributed by atoms with van der Waals surface area (Å²) in [5.74, 6) is -0.00358. The molecule has 2 N–H and O–H groups in total. The Hall–Kier alpha value is -1.30. The Kier molecular flexibility index (Phi) is 8.00. The van der Waals surface area contributed by atoms with Crippen molar-refractivity contribution >= 4 is 24.0 Å². The van der Waals surface area contributed by atoms with Crippen LogP contribution in [0, 0.1) is 0 Å². The number of ether oxygens (including phenoxy) is 1. The zero-order valence-electron chi connectivity index (χ0n) is 15.0. The molecule has 1 atom stereocenters. The highest BCUT2D eigenvalue weighted by Gasteiger charge is 2.30. The zero-order valence-corrected chi connectivity index (χ0v) is 15.8. The second-order valence-electron chi connectivity index (χ2n) is 6.56. The first-order valence-electron chi connectivity index (χ1n) is 8.40. The molecule has 1 aliphatic heterocycles. The van der Waals surface area contributed by atoms with E-state index in [0.717, 1.165) is 38.3 Å². The van der Waals surface area contributed by atoms with E-state index in [-0.39, 0.29) is 18.3 Å². The third-order valence-corrected chi connectivity index (χ3v) is 4.36. The molecule has 0 radical (unpaired) electrons. The quantitative estimate of drug-likeness (QED) is 0.851. The topological polar surface area (TPSA) is 58.8 Å². The molecule has 1 saturated heterocycles. The molecule has 136 valence electrons. The van der Waals surface area contributed by atoms with E-state index in [0.29, 0.717) is 13.0 Å². The number of morpholine rings is 1. The second-order valence-corrected chi connectivity index (χ2v) is 6.56. The number of para-hydroxylation sites is 1. The van der Waals surface area contributed by atoms with E-state index >= 15 is 0 Å². The lowest BCUT2D eigenvalue weighted by Crippen LogP contribution is -2.51. The van der Waals surface area contributed by atoms with Gasteiger partial charge in [-0.1, -0.05) is 31.5 Å². The fourth-order valence-electron chi connectivity index (χ4n) is 3.15. The van der Waals surface area contributed by atoms with Crippen LogP contribution in [0.3, 0.4) is 0 Å². The Morgan fingerprint density at radius 1 is 1.33 bits per heavy atom. The molecule has 0 spiro atoms. The summed E-state index contributed by atoms with van der Waals surface area (Å²) < 4.78 is 5.43. The largest absolute Gasteiger partial charge is 0.378 e. The lowest BCUT2D eigenvalue weighted by Gasteiger charge is -2.33. The normalized spacial score (nSPS) is 16.9. The maximum absolute atomic E-state index is 12.6. The summed E-state index contributed by atoms with van der Waals surface area (Å²) in [4.78, 5) is 16.7. The molecule has 5 nitrogen and oxygen atoms in total. The molecule has 1 aromatic rings. The molecule has 1 aromatic carbocycles. The van der Waals surface area contributed by atoms with E-state index in [1.165, 1.54) is 5.69 Å². The maximum atomic E-state index is 12.6. The van der Waals surface area contributed by atoms with Crippen LogP contribution in [0.15, 0.2) is 24.3 Å². The van der Waals surface area contributed by atoms with Crippen molar-refractivity contribution in [3.05, 3.63) is 29.8 Å². The lowest BCUT2D eigenvalue weighted by molar-refractivity contribution is -0.135. The molecule has 1 heterocycles. The Morgan fingerprint density at radius 3 is 2.58 bits per heavy atom. The summed E-state index contributed by atoms with van der Waals surface area (Å²) in [7, 11) is 1.83. The van der Waals surface area contributed by atoms with E-state index in [1.807, 2.05) is 33.0 Å². The van der Waals surface area contributed by atoms with Crippen molar-refractivity contribution in [2.24, 2.45) is 5.73 Å². The number of nitrogens with two attached hydrogens (primary N) is 1. The van der Waals surface area contributed by atoms with Gasteiger partial charge in [0.05, 0.1) is 18.8 Å². The van der Waals surface area contributed by atoms with Crippen molar-refractivity contribution in [3.63, 3.8) is 0 Å². The Morgan fingerprint density at radius 2 is 1.96 bits per heavy atom. The van der Waals surface area contributed by atoms with Gasteiger partial charge in [0.2, 0.25) is 5.91 Å². The van der Waals surface area contributed by atoms with Gasteiger partial charge in [-0.15, -0.1) is 12.4 Å². The summed E-state index contributed by atoms with van der Waals surface area (Å²) in [6.07, 6.45) is 1.60. The molecule has 1 amide bonds. The van der Waals surface area contributed by atoms with Gasteiger partial charge in [-0.3, -0.25) is 4.79 Å². The number of anilines is 1. The van der Waals surface area contributed by atoms with E-state index in [2.05, 4.69) is 17.0 Å². The highest BCUT2D eigenvalue weighted by atomic mass is 35.5. The van der Waals surface area contributed by atoms with Crippen molar-refractivity contribution in [2.75, 3.05) is 38.3 Å². The van der Waals surface area contributed by atoms with Gasteiger partial charge in [0.15, 0.2) is 0 Å². The smallest absolute Gasteiger partial charge is 0.242 e. The van der Waals surface area contributed by atoms with Crippen molar-refractivity contribution in [1.29, 1.82) is 0 Å². The van der Waals surface area contributed by atoms with Crippen LogP contribution in [0.25, 0.3) is 0 Å². The predicted molar refractivity (Wildman–Crippen MR) is 101 cm³/mol. The minimum absolute atomic E-state index is 0. The number of carbonyl (C=O) groups excluding carboxylic acids is 1. The molecule has 2 rings (SSSR count). The number of benzene rings is 1. The summed E-state index contributed by atoms with van der Waals surface area (Å²) in [6.45, 7) is 7.72. The third-order valence-electron chi connectivity index (χ3n) is 4.36. The molecule has 0 aliphatic carbocycles. The first-order chi connectivity index (χ1) is 11.0. The van der Waals surface area contributed by atoms with Crippen molar-refractivity contribution in [3.8, 4) is 0 Å². The molecule has 0 bridgehead atoms. The van der Waals surface area contributed by atoms with Crippen LogP contribution in [0.4, 0.5) is 5.69 Å². The minimum atomic E-state index is -0.794. The third kappa shape index (κ3) is 5.10. The summed E-state index contributed by atoms with van der Waals surface area (Å²) in [6, 6.07) is 8.26. The van der Waals surface area contributed by atoms with Crippen LogP contribution in [0.1, 0.15) is 32.3 Å². The fourth-order valence-corrected chi connectivity index (χ4v) is 3.15. The van der Waals surface area contributed by atoms with Gasteiger partial charge in [-0.25, -0.2) is 0 Å². The Bertz CT molecular complexity index is 531. The molecule has 24 heavy (non-hydrogen) atoms. The average Bonchev–Trinajstić information content (AvgIpc) is 2.55. The van der Waals surface area contributed by atoms with Crippen molar-refractivity contribution in [1.82, 2.24) is 4.90 Å². The molecular weight excluding hydrogens is 326 g/mol. The van der Waals surface area contributed by atoms with Gasteiger partial charge < -0.3 is 20.3 Å². The van der Waals surface area contributed by atoms with E-state index in [9.17, 15) is 4.79 Å². The van der Waals surface area contributed by atoms with E-state index < -0.39 is 5.54 Å². The molecule has 6 heteroatoms. The van der Waals surface area contributed by atoms with Gasteiger partial charge in [-0.05, 0) is 25.0 Å². The van der Waals surface area contributed by atoms with Crippen LogP contribution in [-0.4, -0.2) is 49.7 Å². The molecule has 1 unspecified atom stereocenters. The first kappa shape index (κ1) is 20.7. The molecular formula is C18H30ClN3O2. The highest BCUT2D eigenvalue weighted by Crippen LogP contribution is 2.23. The van der Waals surface area contributed by atoms with Crippen molar-refractivity contribution < 1.29 is 9.53 Å². The SMILES string of the molecule is CCCC(C)(N)C(=O)N(C)Cc1ccccc1N1CCOCC1.Cl. The van der Waals surface area contributed by atoms with Gasteiger partial charge in [0.25, 0.3) is 0 Å². The first-order valence-corrected chi connectivity index (χ1v) is 8.40. The van der Waals surface area contributed by atoms with Crippen LogP contribution in [0.2, 0.25) is 0 Å². The predicted octanol–water partition coefficient (Wildman–Crippen LogP) is 2.42. The molecule has 0 saturated carbocycles. The van der Waals surface area contributed by atoms with Crippen LogP contribution in [0.5, 0.6) is 0 Å². The Labute approximate surface area is 151 Å². The monoisotopic (exact) mass is 355 g/mol. The van der Waals surface area contributed by atoms with Crippen molar-refractivity contribution in [2.45, 2.75) is 38.8 Å². The highest BCUT2D eigenvalue weighted by molar-refractivity contribution is 5.85. The number of nitrogens with zero attached hydrogens (tertiary/aromatic N) is 2. The van der Waals surface area contributed by atoms with Crippen LogP contribution >= 0.6 is 12.4 Å². The van der Waals surface area contributed by atoms with E-state index in [4.69, 9.17) is 10.5 Å². The number of carbonyl (C=O) groups is 1. The summed E-state index contributed by atoms with van der Waals surface area (Å²) in [5.41, 5.74) is 7.73. The minimum Gasteiger partial charge on any atom is -0.378 e. The number of rotatable bonds is 6. The molecule has 1 fully saturated rings. The van der Waals surface area contributed by atoms with Gasteiger partial charge in [0, 0.05) is 32.4 Å². The number of likely N-dealkylation sites (N-methyl/N-ethyl adjacent to an activating group) is 1. The fraction of sp³-hybridized carbons (Fsp3) is 0.611. The number of hydrogen-bond acceptors (Lipinski definition) is 4. The number of halogens is 1. The second kappa shape index (κ2) is 9.25. The molecule has 0 aromatic heterocycles. The number of hydrogen-bond donors (Lipinski definition) is 1. The van der Waals surface area contributed by atoms with Crippen LogP contribution < -0.4 is 10.6 Å². The zero-order chi connectivity index (χ0) is 16.9. The maximum Gasteiger partial charge on any atom is 0.242 e. The Balaban J connectivity index is 0.00000288. The van der Waals surface area contributed by atoms with Gasteiger partial charge >= 0.3 is 0 Å².